The fourth-order valence-electron chi connectivity index (χ4n) is 2.59. The molecule has 0 saturated heterocycles. The lowest BCUT2D eigenvalue weighted by atomic mass is 10.2. The molecule has 0 fully saturated rings. The molecule has 166 valence electrons. The van der Waals surface area contributed by atoms with E-state index in [1.54, 1.807) is 14.0 Å². The van der Waals surface area contributed by atoms with Crippen LogP contribution in [0.3, 0.4) is 0 Å². The molecule has 0 aliphatic heterocycles. The average molecular weight is 546 g/mol. The van der Waals surface area contributed by atoms with Crippen molar-refractivity contribution < 1.29 is 14.3 Å². The number of guanidine groups is 1. The van der Waals surface area contributed by atoms with E-state index in [9.17, 15) is 4.79 Å². The van der Waals surface area contributed by atoms with Gasteiger partial charge in [0.1, 0.15) is 15.6 Å². The molecule has 9 heteroatoms. The first-order valence-electron chi connectivity index (χ1n) is 9.71. The third-order valence-electron chi connectivity index (χ3n) is 3.98. The number of halogens is 1. The van der Waals surface area contributed by atoms with E-state index in [2.05, 4.69) is 20.6 Å². The highest BCUT2D eigenvalue weighted by Gasteiger charge is 2.20. The average Bonchev–Trinajstić information content (AvgIpc) is 3.08. The zero-order valence-corrected chi connectivity index (χ0v) is 21.5. The van der Waals surface area contributed by atoms with Gasteiger partial charge in [-0.1, -0.05) is 12.1 Å². The van der Waals surface area contributed by atoms with Crippen LogP contribution >= 0.6 is 35.3 Å². The number of esters is 1. The van der Waals surface area contributed by atoms with Crippen LogP contribution < -0.4 is 15.4 Å². The molecule has 1 aromatic carbocycles. The molecule has 0 amide bonds. The first-order chi connectivity index (χ1) is 13.8. The predicted molar refractivity (Wildman–Crippen MR) is 132 cm³/mol. The van der Waals surface area contributed by atoms with Crippen LogP contribution in [-0.4, -0.2) is 36.7 Å². The summed E-state index contributed by atoms with van der Waals surface area (Å²) in [5.41, 5.74) is 1.80. The summed E-state index contributed by atoms with van der Waals surface area (Å²) >= 11 is 1.34. The third kappa shape index (κ3) is 7.75. The topological polar surface area (TPSA) is 84.8 Å². The fourth-order valence-corrected chi connectivity index (χ4v) is 3.56. The van der Waals surface area contributed by atoms with E-state index in [1.807, 2.05) is 52.0 Å². The van der Waals surface area contributed by atoms with E-state index in [-0.39, 0.29) is 42.1 Å². The number of nitrogens with one attached hydrogen (secondary N) is 2. The van der Waals surface area contributed by atoms with Crippen LogP contribution in [0.1, 0.15) is 59.7 Å². The molecule has 0 saturated carbocycles. The maximum Gasteiger partial charge on any atom is 0.350 e. The van der Waals surface area contributed by atoms with Crippen molar-refractivity contribution in [3.05, 3.63) is 45.4 Å². The Kier molecular flexibility index (Phi) is 11.1. The lowest BCUT2D eigenvalue weighted by Gasteiger charge is -2.16. The van der Waals surface area contributed by atoms with E-state index in [0.29, 0.717) is 29.7 Å². The summed E-state index contributed by atoms with van der Waals surface area (Å²) in [5.74, 6) is 1.19. The second-order valence-electron chi connectivity index (χ2n) is 6.79. The summed E-state index contributed by atoms with van der Waals surface area (Å²) in [6.45, 7) is 10.6. The number of hydrogen-bond donors (Lipinski definition) is 2. The van der Waals surface area contributed by atoms with Crippen molar-refractivity contribution >= 4 is 47.2 Å². The van der Waals surface area contributed by atoms with Crippen molar-refractivity contribution in [2.24, 2.45) is 4.99 Å². The second-order valence-corrected chi connectivity index (χ2v) is 7.82. The molecule has 0 radical (unpaired) electrons. The molecule has 1 atom stereocenters. The van der Waals surface area contributed by atoms with Crippen LogP contribution in [0.5, 0.6) is 5.75 Å². The van der Waals surface area contributed by atoms with Crippen LogP contribution in [0.25, 0.3) is 0 Å². The quantitative estimate of drug-likeness (QED) is 0.220. The molecule has 2 N–H and O–H groups in total. The molecule has 7 nitrogen and oxygen atoms in total. The smallest absolute Gasteiger partial charge is 0.350 e. The Morgan fingerprint density at radius 1 is 1.23 bits per heavy atom. The fraction of sp³-hybridized carbons (Fsp3) is 0.476. The summed E-state index contributed by atoms with van der Waals surface area (Å²) in [4.78, 5) is 21.3. The molecule has 0 bridgehead atoms. The molecule has 1 aromatic heterocycles. The van der Waals surface area contributed by atoms with Crippen LogP contribution in [0, 0.1) is 6.92 Å². The maximum atomic E-state index is 12.0. The van der Waals surface area contributed by atoms with Crippen LogP contribution in [0.2, 0.25) is 0 Å². The largest absolute Gasteiger partial charge is 0.491 e. The van der Waals surface area contributed by atoms with Gasteiger partial charge in [0.05, 0.1) is 24.4 Å². The van der Waals surface area contributed by atoms with Gasteiger partial charge < -0.3 is 20.1 Å². The molecule has 2 aromatic rings. The van der Waals surface area contributed by atoms with Gasteiger partial charge in [-0.05, 0) is 52.3 Å². The first-order valence-corrected chi connectivity index (χ1v) is 10.5. The van der Waals surface area contributed by atoms with Gasteiger partial charge >= 0.3 is 5.97 Å². The second kappa shape index (κ2) is 12.7. The van der Waals surface area contributed by atoms with Gasteiger partial charge in [-0.15, -0.1) is 35.3 Å². The Morgan fingerprint density at radius 3 is 2.47 bits per heavy atom. The summed E-state index contributed by atoms with van der Waals surface area (Å²) in [5, 5.41) is 7.42. The van der Waals surface area contributed by atoms with Gasteiger partial charge in [0, 0.05) is 13.6 Å². The third-order valence-corrected chi connectivity index (χ3v) is 5.30. The van der Waals surface area contributed by atoms with Crippen molar-refractivity contribution in [2.75, 3.05) is 13.7 Å². The number of carbonyl (C=O) groups is 1. The molecule has 1 heterocycles. The molecule has 0 aliphatic rings. The van der Waals surface area contributed by atoms with E-state index < -0.39 is 0 Å². The number of benzene rings is 1. The highest BCUT2D eigenvalue weighted by molar-refractivity contribution is 14.0. The van der Waals surface area contributed by atoms with Crippen molar-refractivity contribution in [1.29, 1.82) is 0 Å². The lowest BCUT2D eigenvalue weighted by Crippen LogP contribution is -2.38. The number of carbonyl (C=O) groups excluding carboxylic acids is 1. The minimum Gasteiger partial charge on any atom is -0.491 e. The van der Waals surface area contributed by atoms with Gasteiger partial charge in [-0.25, -0.2) is 9.78 Å². The Hall–Kier alpha value is -1.88. The number of aryl methyl sites for hydroxylation is 1. The van der Waals surface area contributed by atoms with Crippen LogP contribution in [-0.2, 0) is 11.3 Å². The van der Waals surface area contributed by atoms with Crippen molar-refractivity contribution in [2.45, 2.75) is 53.3 Å². The first kappa shape index (κ1) is 26.2. The maximum absolute atomic E-state index is 12.0. The van der Waals surface area contributed by atoms with Gasteiger partial charge in [0.2, 0.25) is 0 Å². The number of aliphatic imine (C=N–C) groups is 1. The number of thiazole rings is 1. The molecule has 1 unspecified atom stereocenters. The highest BCUT2D eigenvalue weighted by Crippen LogP contribution is 2.24. The van der Waals surface area contributed by atoms with Crippen molar-refractivity contribution in [3.63, 3.8) is 0 Å². The molecule has 0 spiro atoms. The highest BCUT2D eigenvalue weighted by atomic mass is 127. The van der Waals surface area contributed by atoms with Crippen LogP contribution in [0.4, 0.5) is 0 Å². The Bertz CT molecular complexity index is 837. The van der Waals surface area contributed by atoms with Gasteiger partial charge in [-0.3, -0.25) is 4.99 Å². The van der Waals surface area contributed by atoms with E-state index in [1.165, 1.54) is 11.3 Å². The molecule has 2 rings (SSSR count). The number of ether oxygens (including phenoxy) is 2. The predicted octanol–water partition coefficient (Wildman–Crippen LogP) is 4.46. The zero-order chi connectivity index (χ0) is 21.4. The number of aromatic nitrogens is 1. The van der Waals surface area contributed by atoms with E-state index in [4.69, 9.17) is 9.47 Å². The normalized spacial score (nSPS) is 12.2. The van der Waals surface area contributed by atoms with Crippen molar-refractivity contribution in [1.82, 2.24) is 15.6 Å². The van der Waals surface area contributed by atoms with E-state index in [0.717, 1.165) is 16.3 Å². The summed E-state index contributed by atoms with van der Waals surface area (Å²) in [6, 6.07) is 7.87. The standard InChI is InChI=1S/C21H30N4O3S.HI/c1-7-27-20(26)18-14(4)24-19(29-18)15(5)25-21(22-6)23-12-16-8-10-17(11-9-16)28-13(2)3;/h8-11,13,15H,7,12H2,1-6H3,(H2,22,23,25);1H. The van der Waals surface area contributed by atoms with Gasteiger partial charge in [0.15, 0.2) is 5.96 Å². The summed E-state index contributed by atoms with van der Waals surface area (Å²) in [6.07, 6.45) is 0.155. The summed E-state index contributed by atoms with van der Waals surface area (Å²) in [7, 11) is 1.72. The molecule has 0 aliphatic carbocycles. The zero-order valence-electron chi connectivity index (χ0n) is 18.3. The van der Waals surface area contributed by atoms with E-state index >= 15 is 0 Å². The number of hydrogen-bond acceptors (Lipinski definition) is 6. The Morgan fingerprint density at radius 2 is 1.90 bits per heavy atom. The Labute approximate surface area is 199 Å². The minimum atomic E-state index is -0.326. The molecule has 30 heavy (non-hydrogen) atoms. The SMILES string of the molecule is CCOC(=O)c1sc(C(C)NC(=NC)NCc2ccc(OC(C)C)cc2)nc1C.I. The van der Waals surface area contributed by atoms with Gasteiger partial charge in [0.25, 0.3) is 0 Å². The van der Waals surface area contributed by atoms with Gasteiger partial charge in [-0.2, -0.15) is 0 Å². The van der Waals surface area contributed by atoms with Crippen molar-refractivity contribution in [3.8, 4) is 5.75 Å². The number of rotatable bonds is 8. The number of nitrogens with zero attached hydrogens (tertiary/aromatic N) is 2. The molecular weight excluding hydrogens is 515 g/mol. The lowest BCUT2D eigenvalue weighted by molar-refractivity contribution is 0.0531. The summed E-state index contributed by atoms with van der Waals surface area (Å²) < 4.78 is 10.8. The minimum absolute atomic E-state index is 0. The molecular formula is C21H31IN4O3S. The Balaban J connectivity index is 0.00000450. The monoisotopic (exact) mass is 546 g/mol. The van der Waals surface area contributed by atoms with Crippen LogP contribution in [0.15, 0.2) is 29.3 Å².